The molecule has 88 valence electrons. The Hall–Kier alpha value is -0.830. The standard InChI is InChI=1S/C13H20N2O/c16-13(10-4-2-1-3-5-10)15-7-6-11-8-14-9-12(11)15/h1-2,10-12,14H,3-9H2/t10?,11-,12+/m0/s1. The topological polar surface area (TPSA) is 32.3 Å². The zero-order valence-corrected chi connectivity index (χ0v) is 9.69. The number of allylic oxidation sites excluding steroid dienone is 2. The van der Waals surface area contributed by atoms with E-state index in [-0.39, 0.29) is 5.92 Å². The number of carbonyl (C=O) groups is 1. The van der Waals surface area contributed by atoms with E-state index >= 15 is 0 Å². The third-order valence-corrected chi connectivity index (χ3v) is 4.35. The Labute approximate surface area is 96.9 Å². The van der Waals surface area contributed by atoms with Crippen molar-refractivity contribution in [3.8, 4) is 0 Å². The highest BCUT2D eigenvalue weighted by Crippen LogP contribution is 2.30. The predicted octanol–water partition coefficient (Wildman–Crippen LogP) is 1.16. The molecule has 0 saturated carbocycles. The number of carbonyl (C=O) groups excluding carboxylic acids is 1. The van der Waals surface area contributed by atoms with E-state index in [0.717, 1.165) is 44.8 Å². The van der Waals surface area contributed by atoms with Gasteiger partial charge in [-0.3, -0.25) is 4.79 Å². The van der Waals surface area contributed by atoms with E-state index in [0.29, 0.717) is 11.9 Å². The molecule has 0 aromatic heterocycles. The number of nitrogens with zero attached hydrogens (tertiary/aromatic N) is 1. The maximum atomic E-state index is 12.4. The normalized spacial score (nSPS) is 37.8. The second-order valence-corrected chi connectivity index (χ2v) is 5.29. The van der Waals surface area contributed by atoms with Gasteiger partial charge in [-0.05, 0) is 31.6 Å². The summed E-state index contributed by atoms with van der Waals surface area (Å²) in [5.41, 5.74) is 0. The van der Waals surface area contributed by atoms with Crippen molar-refractivity contribution in [3.05, 3.63) is 12.2 Å². The van der Waals surface area contributed by atoms with Crippen LogP contribution in [0.1, 0.15) is 25.7 Å². The number of hydrogen-bond donors (Lipinski definition) is 1. The number of fused-ring (bicyclic) bond motifs is 1. The molecule has 2 heterocycles. The molecule has 1 N–H and O–H groups in total. The van der Waals surface area contributed by atoms with Crippen molar-refractivity contribution in [2.24, 2.45) is 11.8 Å². The summed E-state index contributed by atoms with van der Waals surface area (Å²) in [7, 11) is 0. The lowest BCUT2D eigenvalue weighted by molar-refractivity contribution is -0.136. The van der Waals surface area contributed by atoms with Crippen molar-refractivity contribution in [2.75, 3.05) is 19.6 Å². The maximum Gasteiger partial charge on any atom is 0.226 e. The minimum absolute atomic E-state index is 0.268. The minimum Gasteiger partial charge on any atom is -0.338 e. The van der Waals surface area contributed by atoms with Gasteiger partial charge in [-0.2, -0.15) is 0 Å². The molecule has 3 nitrogen and oxygen atoms in total. The van der Waals surface area contributed by atoms with Gasteiger partial charge in [-0.15, -0.1) is 0 Å². The summed E-state index contributed by atoms with van der Waals surface area (Å²) in [6.45, 7) is 3.12. The summed E-state index contributed by atoms with van der Waals surface area (Å²) < 4.78 is 0. The molecule has 3 rings (SSSR count). The second kappa shape index (κ2) is 4.21. The molecule has 2 saturated heterocycles. The monoisotopic (exact) mass is 220 g/mol. The van der Waals surface area contributed by atoms with Gasteiger partial charge in [0.05, 0.1) is 0 Å². The fraction of sp³-hybridized carbons (Fsp3) is 0.769. The van der Waals surface area contributed by atoms with Crippen molar-refractivity contribution in [3.63, 3.8) is 0 Å². The van der Waals surface area contributed by atoms with E-state index in [1.165, 1.54) is 6.42 Å². The van der Waals surface area contributed by atoms with E-state index in [4.69, 9.17) is 0 Å². The van der Waals surface area contributed by atoms with Crippen molar-refractivity contribution >= 4 is 5.91 Å². The van der Waals surface area contributed by atoms with Gasteiger partial charge in [-0.1, -0.05) is 12.2 Å². The van der Waals surface area contributed by atoms with Crippen LogP contribution in [0, 0.1) is 11.8 Å². The molecular formula is C13H20N2O. The third kappa shape index (κ3) is 1.67. The van der Waals surface area contributed by atoms with Crippen LogP contribution >= 0.6 is 0 Å². The van der Waals surface area contributed by atoms with E-state index in [1.807, 2.05) is 0 Å². The first kappa shape index (κ1) is 10.3. The van der Waals surface area contributed by atoms with E-state index in [1.54, 1.807) is 0 Å². The molecule has 0 aromatic rings. The first-order valence-corrected chi connectivity index (χ1v) is 6.52. The molecule has 16 heavy (non-hydrogen) atoms. The van der Waals surface area contributed by atoms with Crippen LogP contribution in [0.2, 0.25) is 0 Å². The molecule has 3 aliphatic rings. The Morgan fingerprint density at radius 2 is 2.19 bits per heavy atom. The van der Waals surface area contributed by atoms with Crippen molar-refractivity contribution in [2.45, 2.75) is 31.7 Å². The van der Waals surface area contributed by atoms with Crippen LogP contribution in [-0.2, 0) is 4.79 Å². The summed E-state index contributed by atoms with van der Waals surface area (Å²) >= 11 is 0. The van der Waals surface area contributed by atoms with E-state index in [9.17, 15) is 4.79 Å². The van der Waals surface area contributed by atoms with Crippen LogP contribution < -0.4 is 5.32 Å². The zero-order chi connectivity index (χ0) is 11.0. The fourth-order valence-electron chi connectivity index (χ4n) is 3.38. The molecule has 1 amide bonds. The van der Waals surface area contributed by atoms with Gasteiger partial charge in [0, 0.05) is 31.6 Å². The first-order chi connectivity index (χ1) is 7.86. The lowest BCUT2D eigenvalue weighted by Crippen LogP contribution is -2.42. The molecule has 3 heteroatoms. The molecule has 0 bridgehead atoms. The van der Waals surface area contributed by atoms with Crippen LogP contribution in [0.15, 0.2) is 12.2 Å². The lowest BCUT2D eigenvalue weighted by Gasteiger charge is -2.28. The van der Waals surface area contributed by atoms with Gasteiger partial charge in [-0.25, -0.2) is 0 Å². The largest absolute Gasteiger partial charge is 0.338 e. The number of likely N-dealkylation sites (tertiary alicyclic amines) is 1. The highest BCUT2D eigenvalue weighted by Gasteiger charge is 2.41. The van der Waals surface area contributed by atoms with E-state index in [2.05, 4.69) is 22.4 Å². The minimum atomic E-state index is 0.268. The molecule has 0 radical (unpaired) electrons. The molecule has 1 aliphatic carbocycles. The Kier molecular flexibility index (Phi) is 2.72. The summed E-state index contributed by atoms with van der Waals surface area (Å²) in [5, 5.41) is 3.40. The molecule has 2 fully saturated rings. The zero-order valence-electron chi connectivity index (χ0n) is 9.69. The Bertz CT molecular complexity index is 313. The van der Waals surface area contributed by atoms with Crippen LogP contribution in [0.4, 0.5) is 0 Å². The Balaban J connectivity index is 1.68. The quantitative estimate of drug-likeness (QED) is 0.673. The van der Waals surface area contributed by atoms with Gasteiger partial charge in [0.25, 0.3) is 0 Å². The average Bonchev–Trinajstić information content (AvgIpc) is 2.91. The maximum absolute atomic E-state index is 12.4. The summed E-state index contributed by atoms with van der Waals surface area (Å²) in [6.07, 6.45) is 8.67. The SMILES string of the molecule is O=C(C1CC=CCC1)N1CC[C@H]2CNC[C@H]21. The summed E-state index contributed by atoms with van der Waals surface area (Å²) in [6, 6.07) is 0.499. The predicted molar refractivity (Wildman–Crippen MR) is 63.0 cm³/mol. The average molecular weight is 220 g/mol. The summed E-state index contributed by atoms with van der Waals surface area (Å²) in [4.78, 5) is 14.6. The fourth-order valence-corrected chi connectivity index (χ4v) is 3.38. The Morgan fingerprint density at radius 3 is 3.00 bits per heavy atom. The molecular weight excluding hydrogens is 200 g/mol. The van der Waals surface area contributed by atoms with E-state index < -0.39 is 0 Å². The van der Waals surface area contributed by atoms with Gasteiger partial charge < -0.3 is 10.2 Å². The van der Waals surface area contributed by atoms with Crippen molar-refractivity contribution in [1.82, 2.24) is 10.2 Å². The van der Waals surface area contributed by atoms with Gasteiger partial charge in [0.15, 0.2) is 0 Å². The van der Waals surface area contributed by atoms with Crippen molar-refractivity contribution in [1.29, 1.82) is 0 Å². The highest BCUT2D eigenvalue weighted by atomic mass is 16.2. The first-order valence-electron chi connectivity index (χ1n) is 6.52. The van der Waals surface area contributed by atoms with Crippen LogP contribution in [0.25, 0.3) is 0 Å². The highest BCUT2D eigenvalue weighted by molar-refractivity contribution is 5.80. The third-order valence-electron chi connectivity index (χ3n) is 4.35. The summed E-state index contributed by atoms with van der Waals surface area (Å²) in [5.74, 6) is 1.41. The molecule has 0 aromatic carbocycles. The molecule has 3 atom stereocenters. The molecule has 1 unspecified atom stereocenters. The number of nitrogens with one attached hydrogen (secondary N) is 1. The lowest BCUT2D eigenvalue weighted by atomic mass is 9.92. The van der Waals surface area contributed by atoms with Gasteiger partial charge in [0.2, 0.25) is 5.91 Å². The molecule has 0 spiro atoms. The van der Waals surface area contributed by atoms with Gasteiger partial charge in [0.1, 0.15) is 0 Å². The molecule has 2 aliphatic heterocycles. The van der Waals surface area contributed by atoms with Crippen molar-refractivity contribution < 1.29 is 4.79 Å². The Morgan fingerprint density at radius 1 is 1.25 bits per heavy atom. The smallest absolute Gasteiger partial charge is 0.226 e. The van der Waals surface area contributed by atoms with Crippen LogP contribution in [0.3, 0.4) is 0 Å². The number of amides is 1. The van der Waals surface area contributed by atoms with Crippen LogP contribution in [-0.4, -0.2) is 36.5 Å². The number of hydrogen-bond acceptors (Lipinski definition) is 2. The number of rotatable bonds is 1. The van der Waals surface area contributed by atoms with Gasteiger partial charge >= 0.3 is 0 Å². The second-order valence-electron chi connectivity index (χ2n) is 5.29. The van der Waals surface area contributed by atoms with Crippen LogP contribution in [0.5, 0.6) is 0 Å².